The van der Waals surface area contributed by atoms with Gasteiger partial charge in [0.15, 0.2) is 6.29 Å². The van der Waals surface area contributed by atoms with Crippen LogP contribution in [0.15, 0.2) is 30.3 Å². The second-order valence-electron chi connectivity index (χ2n) is 6.86. The number of rotatable bonds is 11. The Morgan fingerprint density at radius 1 is 0.808 bits per heavy atom. The van der Waals surface area contributed by atoms with Crippen molar-refractivity contribution in [2.24, 2.45) is 0 Å². The summed E-state index contributed by atoms with van der Waals surface area (Å²) in [5, 5.41) is 2.30. The molecule has 0 saturated heterocycles. The summed E-state index contributed by atoms with van der Waals surface area (Å²) >= 11 is 0. The first-order valence-electron chi connectivity index (χ1n) is 10.2. The fourth-order valence-corrected chi connectivity index (χ4v) is 3.62. The van der Waals surface area contributed by atoms with Crippen molar-refractivity contribution >= 4 is 28.4 Å². The van der Waals surface area contributed by atoms with Crippen molar-refractivity contribution in [1.29, 1.82) is 0 Å². The van der Waals surface area contributed by atoms with E-state index in [2.05, 4.69) is 61.8 Å². The molecular weight excluding hydrogens is 320 g/mol. The van der Waals surface area contributed by atoms with Gasteiger partial charge >= 0.3 is 0 Å². The average Bonchev–Trinajstić information content (AvgIpc) is 2.69. The van der Waals surface area contributed by atoms with Crippen LogP contribution in [0.1, 0.15) is 63.7 Å². The van der Waals surface area contributed by atoms with Gasteiger partial charge in [0.25, 0.3) is 0 Å². The van der Waals surface area contributed by atoms with Crippen LogP contribution in [-0.4, -0.2) is 32.5 Å². The molecule has 142 valence electrons. The molecule has 0 radical (unpaired) electrons. The quantitative estimate of drug-likeness (QED) is 0.469. The molecule has 0 unspecified atom stereocenters. The maximum atomic E-state index is 11.6. The molecule has 3 heteroatoms. The van der Waals surface area contributed by atoms with Crippen molar-refractivity contribution in [2.75, 3.05) is 36.0 Å². The third-order valence-corrected chi connectivity index (χ3v) is 5.17. The Balaban J connectivity index is 2.66. The molecule has 26 heavy (non-hydrogen) atoms. The minimum atomic E-state index is 0.781. The Morgan fingerprint density at radius 3 is 1.88 bits per heavy atom. The molecule has 0 spiro atoms. The Morgan fingerprint density at radius 2 is 1.38 bits per heavy atom. The monoisotopic (exact) mass is 354 g/mol. The van der Waals surface area contributed by atoms with Gasteiger partial charge in [-0.25, -0.2) is 0 Å². The number of fused-ring (bicyclic) bond motifs is 1. The van der Waals surface area contributed by atoms with Gasteiger partial charge in [0, 0.05) is 48.5 Å². The lowest BCUT2D eigenvalue weighted by molar-refractivity contribution is 0.112. The number of unbranched alkanes of at least 4 members (excludes halogenated alkanes) is 2. The molecule has 3 nitrogen and oxygen atoms in total. The van der Waals surface area contributed by atoms with Gasteiger partial charge < -0.3 is 9.80 Å². The van der Waals surface area contributed by atoms with Gasteiger partial charge in [-0.15, -0.1) is 0 Å². The van der Waals surface area contributed by atoms with E-state index in [0.29, 0.717) is 0 Å². The van der Waals surface area contributed by atoms with Crippen LogP contribution >= 0.6 is 0 Å². The molecule has 0 aromatic heterocycles. The minimum absolute atomic E-state index is 0.781. The zero-order valence-electron chi connectivity index (χ0n) is 16.9. The number of nitrogens with zero attached hydrogens (tertiary/aromatic N) is 2. The zero-order chi connectivity index (χ0) is 18.9. The third kappa shape index (κ3) is 4.38. The van der Waals surface area contributed by atoms with Crippen LogP contribution in [0.4, 0.5) is 11.4 Å². The number of carbonyl (C=O) groups is 1. The van der Waals surface area contributed by atoms with Crippen LogP contribution in [0.25, 0.3) is 10.8 Å². The van der Waals surface area contributed by atoms with Gasteiger partial charge in [-0.05, 0) is 50.3 Å². The number of carbonyl (C=O) groups excluding carboxylic acids is 1. The topological polar surface area (TPSA) is 23.6 Å². The molecule has 2 aromatic carbocycles. The van der Waals surface area contributed by atoms with E-state index in [4.69, 9.17) is 0 Å². The first-order valence-corrected chi connectivity index (χ1v) is 10.2. The van der Waals surface area contributed by atoms with Gasteiger partial charge in [-0.1, -0.05) is 38.8 Å². The summed E-state index contributed by atoms with van der Waals surface area (Å²) in [6.07, 6.45) is 5.72. The number of hydrogen-bond donors (Lipinski definition) is 0. The standard InChI is InChI=1S/C23H34N2O/c1-5-9-16-24(7-3)21-13-11-12-20-19(18-26)14-15-22(23(20)21)25(8-4)17-10-6-2/h11-15,18H,5-10,16-17H2,1-4H3. The Kier molecular flexibility index (Phi) is 7.96. The SMILES string of the molecule is CCCCN(CC)c1cccc2c(C=O)ccc(N(CC)CCCC)c12. The predicted octanol–water partition coefficient (Wildman–Crippen LogP) is 5.91. The predicted molar refractivity (Wildman–Crippen MR) is 115 cm³/mol. The molecular formula is C23H34N2O. The fourth-order valence-electron chi connectivity index (χ4n) is 3.62. The van der Waals surface area contributed by atoms with Crippen molar-refractivity contribution in [3.8, 4) is 0 Å². The summed E-state index contributed by atoms with van der Waals surface area (Å²) in [6, 6.07) is 10.5. The highest BCUT2D eigenvalue weighted by Gasteiger charge is 2.17. The molecule has 0 aliphatic heterocycles. The normalized spacial score (nSPS) is 10.9. The molecule has 0 aliphatic rings. The van der Waals surface area contributed by atoms with Crippen molar-refractivity contribution in [3.05, 3.63) is 35.9 Å². The number of hydrogen-bond acceptors (Lipinski definition) is 3. The molecule has 0 heterocycles. The van der Waals surface area contributed by atoms with Crippen molar-refractivity contribution in [2.45, 2.75) is 53.4 Å². The van der Waals surface area contributed by atoms with Crippen LogP contribution < -0.4 is 9.80 Å². The van der Waals surface area contributed by atoms with Gasteiger partial charge in [-0.3, -0.25) is 4.79 Å². The highest BCUT2D eigenvalue weighted by Crippen LogP contribution is 2.37. The lowest BCUT2D eigenvalue weighted by Crippen LogP contribution is -2.27. The van der Waals surface area contributed by atoms with Crippen molar-refractivity contribution in [3.63, 3.8) is 0 Å². The fraction of sp³-hybridized carbons (Fsp3) is 0.522. The van der Waals surface area contributed by atoms with E-state index in [0.717, 1.165) is 43.4 Å². The number of aldehydes is 1. The van der Waals surface area contributed by atoms with Crippen LogP contribution in [0.5, 0.6) is 0 Å². The summed E-state index contributed by atoms with van der Waals surface area (Å²) in [4.78, 5) is 16.6. The largest absolute Gasteiger partial charge is 0.371 e. The van der Waals surface area contributed by atoms with E-state index in [-0.39, 0.29) is 0 Å². The van der Waals surface area contributed by atoms with Gasteiger partial charge in [0.2, 0.25) is 0 Å². The molecule has 2 aromatic rings. The van der Waals surface area contributed by atoms with E-state index < -0.39 is 0 Å². The molecule has 0 saturated carbocycles. The number of benzene rings is 2. The molecule has 0 amide bonds. The molecule has 0 atom stereocenters. The first kappa shape index (κ1) is 20.3. The second-order valence-corrected chi connectivity index (χ2v) is 6.86. The average molecular weight is 355 g/mol. The van der Waals surface area contributed by atoms with E-state index in [9.17, 15) is 4.79 Å². The summed E-state index contributed by atoms with van der Waals surface area (Å²) < 4.78 is 0. The van der Waals surface area contributed by atoms with Crippen LogP contribution in [-0.2, 0) is 0 Å². The highest BCUT2D eigenvalue weighted by molar-refractivity contribution is 6.10. The summed E-state index contributed by atoms with van der Waals surface area (Å²) in [5.74, 6) is 0. The van der Waals surface area contributed by atoms with Gasteiger partial charge in [0.05, 0.1) is 0 Å². The molecule has 0 bridgehead atoms. The molecule has 2 rings (SSSR count). The van der Waals surface area contributed by atoms with E-state index >= 15 is 0 Å². The van der Waals surface area contributed by atoms with Crippen molar-refractivity contribution in [1.82, 2.24) is 0 Å². The maximum absolute atomic E-state index is 11.6. The third-order valence-electron chi connectivity index (χ3n) is 5.17. The molecule has 0 aliphatic carbocycles. The van der Waals surface area contributed by atoms with E-state index in [1.165, 1.54) is 42.4 Å². The summed E-state index contributed by atoms with van der Waals surface area (Å²) in [7, 11) is 0. The second kappa shape index (κ2) is 10.2. The molecule has 0 N–H and O–H groups in total. The lowest BCUT2D eigenvalue weighted by atomic mass is 10.00. The molecule has 0 fully saturated rings. The van der Waals surface area contributed by atoms with Crippen LogP contribution in [0.3, 0.4) is 0 Å². The van der Waals surface area contributed by atoms with Gasteiger partial charge in [0.1, 0.15) is 0 Å². The Labute approximate surface area is 159 Å². The smallest absolute Gasteiger partial charge is 0.150 e. The van der Waals surface area contributed by atoms with E-state index in [1.807, 2.05) is 6.07 Å². The first-order chi connectivity index (χ1) is 12.7. The Bertz CT molecular complexity index is 688. The van der Waals surface area contributed by atoms with Crippen LogP contribution in [0, 0.1) is 0 Å². The minimum Gasteiger partial charge on any atom is -0.371 e. The van der Waals surface area contributed by atoms with E-state index in [1.54, 1.807) is 0 Å². The van der Waals surface area contributed by atoms with Gasteiger partial charge in [-0.2, -0.15) is 0 Å². The zero-order valence-corrected chi connectivity index (χ0v) is 16.9. The van der Waals surface area contributed by atoms with Crippen LogP contribution in [0.2, 0.25) is 0 Å². The summed E-state index contributed by atoms with van der Waals surface area (Å²) in [5.41, 5.74) is 3.29. The Hall–Kier alpha value is -2.03. The maximum Gasteiger partial charge on any atom is 0.150 e. The lowest BCUT2D eigenvalue weighted by Gasteiger charge is -2.30. The summed E-state index contributed by atoms with van der Waals surface area (Å²) in [6.45, 7) is 13.0. The van der Waals surface area contributed by atoms with Crippen molar-refractivity contribution < 1.29 is 4.79 Å². The number of anilines is 2. The highest BCUT2D eigenvalue weighted by atomic mass is 16.1.